The molecule has 0 spiro atoms. The maximum Gasteiger partial charge on any atom is 0.254 e. The maximum atomic E-state index is 14.8. The van der Waals surface area contributed by atoms with E-state index < -0.39 is 23.6 Å². The van der Waals surface area contributed by atoms with Crippen molar-refractivity contribution in [1.29, 1.82) is 0 Å². The van der Waals surface area contributed by atoms with Crippen LogP contribution in [-0.4, -0.2) is 16.7 Å². The standard InChI is InChI=1S/C26H21F2N3O2/c1-15-24(26(33)30-25(20-12-23(20)32)16-7-9-17(27)10-8-16)19-5-2-6-22(28)21(19)14-31(15)18-4-3-11-29-13-18/h2-11,13,20,25H,12,14H2,1H3,(H,30,33)/t20?,25-/m1/s1. The number of ketones is 1. The molecule has 2 atom stereocenters. The van der Waals surface area contributed by atoms with Gasteiger partial charge in [0.1, 0.15) is 17.4 Å². The molecule has 0 saturated heterocycles. The van der Waals surface area contributed by atoms with Crippen LogP contribution in [0.1, 0.15) is 36.1 Å². The third kappa shape index (κ3) is 3.91. The zero-order chi connectivity index (χ0) is 23.1. The van der Waals surface area contributed by atoms with Crippen LogP contribution in [0.4, 0.5) is 14.5 Å². The molecule has 3 aromatic rings. The molecule has 0 radical (unpaired) electrons. The highest BCUT2D eigenvalue weighted by molar-refractivity contribution is 6.22. The number of nitrogens with one attached hydrogen (secondary N) is 1. The molecule has 1 unspecified atom stereocenters. The number of benzene rings is 2. The van der Waals surface area contributed by atoms with E-state index in [2.05, 4.69) is 10.3 Å². The van der Waals surface area contributed by atoms with Gasteiger partial charge in [0.15, 0.2) is 0 Å². The highest BCUT2D eigenvalue weighted by Gasteiger charge is 2.43. The lowest BCUT2D eigenvalue weighted by atomic mass is 9.91. The molecular weight excluding hydrogens is 424 g/mol. The van der Waals surface area contributed by atoms with Gasteiger partial charge in [-0.1, -0.05) is 24.3 Å². The van der Waals surface area contributed by atoms with Crippen LogP contribution < -0.4 is 10.2 Å². The Kier molecular flexibility index (Phi) is 5.24. The normalized spacial score (nSPS) is 18.1. The number of rotatable bonds is 5. The Morgan fingerprint density at radius 3 is 2.55 bits per heavy atom. The van der Waals surface area contributed by atoms with Crippen molar-refractivity contribution in [3.05, 3.63) is 101 Å². The molecule has 2 heterocycles. The number of nitrogens with zero attached hydrogens (tertiary/aromatic N) is 2. The summed E-state index contributed by atoms with van der Waals surface area (Å²) in [4.78, 5) is 31.6. The van der Waals surface area contributed by atoms with E-state index in [0.717, 1.165) is 5.69 Å². The summed E-state index contributed by atoms with van der Waals surface area (Å²) in [6.45, 7) is 2.07. The van der Waals surface area contributed by atoms with E-state index in [1.807, 2.05) is 17.9 Å². The molecule has 1 saturated carbocycles. The van der Waals surface area contributed by atoms with Crippen molar-refractivity contribution in [2.24, 2.45) is 5.92 Å². The zero-order valence-electron chi connectivity index (χ0n) is 17.9. The smallest absolute Gasteiger partial charge is 0.254 e. The molecule has 166 valence electrons. The number of hydrogen-bond acceptors (Lipinski definition) is 4. The van der Waals surface area contributed by atoms with Crippen molar-refractivity contribution in [3.8, 4) is 0 Å². The van der Waals surface area contributed by atoms with Crippen molar-refractivity contribution in [3.63, 3.8) is 0 Å². The number of allylic oxidation sites excluding steroid dienone is 1. The number of aromatic nitrogens is 1. The van der Waals surface area contributed by atoms with Gasteiger partial charge in [-0.3, -0.25) is 14.6 Å². The number of carbonyl (C=O) groups excluding carboxylic acids is 2. The van der Waals surface area contributed by atoms with E-state index in [-0.39, 0.29) is 18.2 Å². The molecule has 1 fully saturated rings. The summed E-state index contributed by atoms with van der Waals surface area (Å²) < 4.78 is 28.2. The average Bonchev–Trinajstić information content (AvgIpc) is 3.54. The van der Waals surface area contributed by atoms with Crippen LogP contribution in [0.5, 0.6) is 0 Å². The van der Waals surface area contributed by atoms with Crippen LogP contribution in [0.15, 0.2) is 72.7 Å². The van der Waals surface area contributed by atoms with Gasteiger partial charge in [0, 0.05) is 29.8 Å². The fourth-order valence-electron chi connectivity index (χ4n) is 4.41. The minimum absolute atomic E-state index is 0.0439. The molecule has 2 aromatic carbocycles. The van der Waals surface area contributed by atoms with Gasteiger partial charge >= 0.3 is 0 Å². The van der Waals surface area contributed by atoms with E-state index in [1.165, 1.54) is 18.2 Å². The van der Waals surface area contributed by atoms with Crippen molar-refractivity contribution >= 4 is 23.0 Å². The molecule has 33 heavy (non-hydrogen) atoms. The molecule has 1 aliphatic heterocycles. The van der Waals surface area contributed by atoms with Crippen LogP contribution in [0.25, 0.3) is 5.57 Å². The van der Waals surface area contributed by atoms with E-state index in [0.29, 0.717) is 34.4 Å². The largest absolute Gasteiger partial charge is 0.344 e. The lowest BCUT2D eigenvalue weighted by molar-refractivity contribution is -0.116. The summed E-state index contributed by atoms with van der Waals surface area (Å²) in [5.74, 6) is -1.52. The second-order valence-electron chi connectivity index (χ2n) is 8.30. The fraction of sp³-hybridized carbons (Fsp3) is 0.192. The Labute approximate surface area is 189 Å². The quantitative estimate of drug-likeness (QED) is 0.626. The number of carbonyl (C=O) groups is 2. The third-order valence-electron chi connectivity index (χ3n) is 6.25. The number of halogens is 2. The van der Waals surface area contributed by atoms with Crippen molar-refractivity contribution in [2.45, 2.75) is 25.9 Å². The maximum absolute atomic E-state index is 14.8. The summed E-state index contributed by atoms with van der Waals surface area (Å²) in [7, 11) is 0. The van der Waals surface area contributed by atoms with Gasteiger partial charge in [0.05, 0.1) is 30.0 Å². The number of fused-ring (bicyclic) bond motifs is 1. The molecule has 7 heteroatoms. The first-order valence-electron chi connectivity index (χ1n) is 10.7. The van der Waals surface area contributed by atoms with Crippen LogP contribution in [0, 0.1) is 17.6 Å². The Hall–Kier alpha value is -3.87. The molecule has 1 amide bonds. The molecule has 1 aliphatic carbocycles. The van der Waals surface area contributed by atoms with E-state index in [1.54, 1.807) is 42.7 Å². The Morgan fingerprint density at radius 2 is 1.88 bits per heavy atom. The van der Waals surface area contributed by atoms with Crippen LogP contribution in [0.3, 0.4) is 0 Å². The lowest BCUT2D eigenvalue weighted by Gasteiger charge is -2.33. The highest BCUT2D eigenvalue weighted by atomic mass is 19.1. The predicted octanol–water partition coefficient (Wildman–Crippen LogP) is 4.56. The predicted molar refractivity (Wildman–Crippen MR) is 120 cm³/mol. The molecule has 1 N–H and O–H groups in total. The zero-order valence-corrected chi connectivity index (χ0v) is 17.9. The second-order valence-corrected chi connectivity index (χ2v) is 8.30. The minimum Gasteiger partial charge on any atom is -0.344 e. The van der Waals surface area contributed by atoms with Crippen LogP contribution in [0.2, 0.25) is 0 Å². The fourth-order valence-corrected chi connectivity index (χ4v) is 4.41. The summed E-state index contributed by atoms with van der Waals surface area (Å²) in [6.07, 6.45) is 3.66. The van der Waals surface area contributed by atoms with E-state index >= 15 is 0 Å². The number of amides is 1. The van der Waals surface area contributed by atoms with Gasteiger partial charge in [-0.15, -0.1) is 0 Å². The molecule has 1 aromatic heterocycles. The first kappa shape index (κ1) is 21.0. The molecule has 0 bridgehead atoms. The summed E-state index contributed by atoms with van der Waals surface area (Å²) in [5.41, 5.74) is 3.31. The van der Waals surface area contributed by atoms with Gasteiger partial charge in [-0.2, -0.15) is 0 Å². The molecule has 5 rings (SSSR count). The summed E-state index contributed by atoms with van der Waals surface area (Å²) in [6, 6.07) is 13.5. The van der Waals surface area contributed by atoms with Gasteiger partial charge in [-0.05, 0) is 48.4 Å². The Balaban J connectivity index is 1.56. The first-order valence-corrected chi connectivity index (χ1v) is 10.7. The van der Waals surface area contributed by atoms with Crippen molar-refractivity contribution < 1.29 is 18.4 Å². The number of anilines is 1. The van der Waals surface area contributed by atoms with Gasteiger partial charge in [0.25, 0.3) is 5.91 Å². The number of Topliss-reactive ketones (excluding diaryl/α,β-unsaturated/α-hetero) is 1. The van der Waals surface area contributed by atoms with Gasteiger partial charge < -0.3 is 10.2 Å². The molecule has 2 aliphatic rings. The Bertz CT molecular complexity index is 1270. The number of pyridine rings is 1. The number of hydrogen-bond donors (Lipinski definition) is 1. The monoisotopic (exact) mass is 445 g/mol. The third-order valence-corrected chi connectivity index (χ3v) is 6.25. The highest BCUT2D eigenvalue weighted by Crippen LogP contribution is 2.40. The van der Waals surface area contributed by atoms with E-state index in [4.69, 9.17) is 0 Å². The summed E-state index contributed by atoms with van der Waals surface area (Å²) >= 11 is 0. The molecule has 5 nitrogen and oxygen atoms in total. The van der Waals surface area contributed by atoms with Crippen LogP contribution >= 0.6 is 0 Å². The van der Waals surface area contributed by atoms with E-state index in [9.17, 15) is 18.4 Å². The second kappa shape index (κ2) is 8.24. The lowest BCUT2D eigenvalue weighted by Crippen LogP contribution is -2.36. The molecular formula is C26H21F2N3O2. The van der Waals surface area contributed by atoms with Crippen molar-refractivity contribution in [2.75, 3.05) is 4.90 Å². The topological polar surface area (TPSA) is 62.3 Å². The first-order chi connectivity index (χ1) is 15.9. The minimum atomic E-state index is -0.586. The average molecular weight is 445 g/mol. The van der Waals surface area contributed by atoms with Gasteiger partial charge in [0.2, 0.25) is 0 Å². The summed E-state index contributed by atoms with van der Waals surface area (Å²) in [5, 5.41) is 2.97. The Morgan fingerprint density at radius 1 is 1.12 bits per heavy atom. The van der Waals surface area contributed by atoms with Crippen LogP contribution in [-0.2, 0) is 16.1 Å². The van der Waals surface area contributed by atoms with Gasteiger partial charge in [-0.25, -0.2) is 8.78 Å². The van der Waals surface area contributed by atoms with Crippen molar-refractivity contribution in [1.82, 2.24) is 10.3 Å². The SMILES string of the molecule is CC1=C(C(=O)N[C@H](c2ccc(F)cc2)C2CC2=O)c2cccc(F)c2CN1c1cccnc1.